The largest absolute Gasteiger partial charge is 0.284 e. The van der Waals surface area contributed by atoms with Gasteiger partial charge in [0.1, 0.15) is 11.6 Å². The quantitative estimate of drug-likeness (QED) is 0.526. The number of carbonyl (C=O) groups excluding carboxylic acids is 1. The number of thioether (sulfide) groups is 1. The van der Waals surface area contributed by atoms with E-state index in [2.05, 4.69) is 10.5 Å². The van der Waals surface area contributed by atoms with E-state index in [1.807, 2.05) is 6.92 Å². The lowest BCUT2D eigenvalue weighted by molar-refractivity contribution is -0.111. The van der Waals surface area contributed by atoms with Gasteiger partial charge in [0, 0.05) is 0 Å². The molecule has 0 spiro atoms. The molecule has 0 aromatic heterocycles. The third kappa shape index (κ3) is 0.916. The van der Waals surface area contributed by atoms with Gasteiger partial charge in [-0.25, -0.2) is 0 Å². The summed E-state index contributed by atoms with van der Waals surface area (Å²) in [5.74, 6) is 0. The van der Waals surface area contributed by atoms with Gasteiger partial charge in [-0.15, -0.1) is 0 Å². The summed E-state index contributed by atoms with van der Waals surface area (Å²) in [5.41, 5.74) is 2.57. The topological polar surface area (TPSA) is 29.4 Å². The van der Waals surface area contributed by atoms with E-state index in [4.69, 9.17) is 0 Å². The summed E-state index contributed by atoms with van der Waals surface area (Å²) in [6.45, 7) is 1.94. The lowest BCUT2D eigenvalue weighted by Gasteiger charge is -1.94. The molecule has 3 heteroatoms. The first kappa shape index (κ1) is 5.82. The molecule has 8 heavy (non-hydrogen) atoms. The Hall–Kier alpha value is -0.310. The molecular formula is C5H6NOS. The highest BCUT2D eigenvalue weighted by molar-refractivity contribution is 8.25. The number of carbonyl (C=O) groups is 1. The molecule has 1 atom stereocenters. The lowest BCUT2D eigenvalue weighted by atomic mass is 10.3. The van der Waals surface area contributed by atoms with Gasteiger partial charge in [0.25, 0.3) is 0 Å². The van der Waals surface area contributed by atoms with E-state index in [1.54, 1.807) is 0 Å². The maximum Gasteiger partial charge on any atom is 0.219 e. The first-order valence-corrected chi connectivity index (χ1v) is 3.31. The fourth-order valence-corrected chi connectivity index (χ4v) is 1.14. The Morgan fingerprint density at radius 2 is 2.75 bits per heavy atom. The van der Waals surface area contributed by atoms with Gasteiger partial charge >= 0.3 is 0 Å². The molecule has 0 bridgehead atoms. The molecule has 0 aromatic carbocycles. The smallest absolute Gasteiger partial charge is 0.219 e. The van der Waals surface area contributed by atoms with Crippen LogP contribution < -0.4 is 0 Å². The second-order valence-electron chi connectivity index (χ2n) is 1.57. The third-order valence-corrected chi connectivity index (χ3v) is 1.68. The van der Waals surface area contributed by atoms with Gasteiger partial charge in [0.05, 0.1) is 0 Å². The normalized spacial score (nSPS) is 27.1. The van der Waals surface area contributed by atoms with Crippen LogP contribution in [0.25, 0.3) is 0 Å². The summed E-state index contributed by atoms with van der Waals surface area (Å²) in [4.78, 5) is 14.4. The van der Waals surface area contributed by atoms with Gasteiger partial charge in [-0.1, -0.05) is 6.92 Å². The van der Waals surface area contributed by atoms with Crippen LogP contribution >= 0.6 is 11.8 Å². The number of hydrogen-bond donors (Lipinski definition) is 0. The fraction of sp³-hybridized carbons (Fsp3) is 0.600. The van der Waals surface area contributed by atoms with Crippen LogP contribution in [0.5, 0.6) is 0 Å². The molecule has 1 radical (unpaired) electrons. The van der Waals surface area contributed by atoms with Crippen molar-refractivity contribution in [1.82, 2.24) is 0 Å². The molecule has 0 saturated carbocycles. The standard InChI is InChI=1S/C5H6NOS/c1-2-4-5(7)8-3-6-4/h4H,2H2,1H3. The van der Waals surface area contributed by atoms with Crippen LogP contribution in [0.3, 0.4) is 0 Å². The molecule has 0 aromatic rings. The summed E-state index contributed by atoms with van der Waals surface area (Å²) in [7, 11) is 0. The SMILES string of the molecule is CCC1N=[C]SC1=O. The fourth-order valence-electron chi connectivity index (χ4n) is 0.514. The monoisotopic (exact) mass is 128 g/mol. The van der Waals surface area contributed by atoms with Gasteiger partial charge in [0.2, 0.25) is 5.12 Å². The maximum absolute atomic E-state index is 10.6. The van der Waals surface area contributed by atoms with Crippen molar-refractivity contribution in [3.05, 3.63) is 0 Å². The minimum absolute atomic E-state index is 0.0972. The van der Waals surface area contributed by atoms with Gasteiger partial charge in [0.15, 0.2) is 0 Å². The highest BCUT2D eigenvalue weighted by Gasteiger charge is 2.19. The number of aliphatic imine (C=N–C) groups is 1. The van der Waals surface area contributed by atoms with E-state index in [-0.39, 0.29) is 11.2 Å². The zero-order chi connectivity index (χ0) is 5.98. The summed E-state index contributed by atoms with van der Waals surface area (Å²) in [5, 5.41) is 0.132. The zero-order valence-corrected chi connectivity index (χ0v) is 5.36. The van der Waals surface area contributed by atoms with Crippen LogP contribution in [0.1, 0.15) is 13.3 Å². The second kappa shape index (κ2) is 2.31. The number of hydrogen-bond acceptors (Lipinski definition) is 3. The average molecular weight is 128 g/mol. The van der Waals surface area contributed by atoms with Crippen LogP contribution in [0.4, 0.5) is 0 Å². The third-order valence-electron chi connectivity index (χ3n) is 1.01. The van der Waals surface area contributed by atoms with E-state index in [1.165, 1.54) is 0 Å². The first-order valence-electron chi connectivity index (χ1n) is 2.50. The minimum atomic E-state index is -0.0972. The Morgan fingerprint density at radius 1 is 2.00 bits per heavy atom. The Bertz CT molecular complexity index is 132. The average Bonchev–Trinajstić information content (AvgIpc) is 2.14. The molecule has 1 unspecified atom stereocenters. The van der Waals surface area contributed by atoms with E-state index in [0.717, 1.165) is 18.2 Å². The van der Waals surface area contributed by atoms with Gasteiger partial charge in [-0.2, -0.15) is 0 Å². The van der Waals surface area contributed by atoms with Crippen molar-refractivity contribution in [3.8, 4) is 0 Å². The molecule has 2 nitrogen and oxygen atoms in total. The molecule has 0 fully saturated rings. The highest BCUT2D eigenvalue weighted by atomic mass is 32.2. The lowest BCUT2D eigenvalue weighted by Crippen LogP contribution is -2.07. The molecule has 1 heterocycles. The highest BCUT2D eigenvalue weighted by Crippen LogP contribution is 2.15. The molecule has 0 amide bonds. The molecule has 0 aliphatic carbocycles. The second-order valence-corrected chi connectivity index (χ2v) is 2.35. The van der Waals surface area contributed by atoms with Crippen molar-refractivity contribution in [2.24, 2.45) is 4.99 Å². The van der Waals surface area contributed by atoms with Gasteiger partial charge in [-0.3, -0.25) is 9.79 Å². The molecule has 0 saturated heterocycles. The summed E-state index contributed by atoms with van der Waals surface area (Å²) < 4.78 is 0. The Labute approximate surface area is 52.4 Å². The number of rotatable bonds is 1. The summed E-state index contributed by atoms with van der Waals surface area (Å²) in [6, 6.07) is -0.0972. The zero-order valence-electron chi connectivity index (χ0n) is 4.55. The van der Waals surface area contributed by atoms with E-state index in [0.29, 0.717) is 0 Å². The van der Waals surface area contributed by atoms with Crippen LogP contribution in [-0.4, -0.2) is 16.7 Å². The maximum atomic E-state index is 10.6. The van der Waals surface area contributed by atoms with E-state index < -0.39 is 0 Å². The van der Waals surface area contributed by atoms with Crippen LogP contribution in [0.15, 0.2) is 4.99 Å². The van der Waals surface area contributed by atoms with Crippen molar-refractivity contribution in [3.63, 3.8) is 0 Å². The minimum Gasteiger partial charge on any atom is -0.284 e. The molecule has 43 valence electrons. The molecule has 1 aliphatic heterocycles. The van der Waals surface area contributed by atoms with Crippen LogP contribution in [0, 0.1) is 0 Å². The Balaban J connectivity index is 2.53. The predicted octanol–water partition coefficient (Wildman–Crippen LogP) is 0.944. The van der Waals surface area contributed by atoms with Crippen molar-refractivity contribution in [2.45, 2.75) is 19.4 Å². The Kier molecular flexibility index (Phi) is 1.68. The molecule has 1 rings (SSSR count). The summed E-state index contributed by atoms with van der Waals surface area (Å²) in [6.07, 6.45) is 0.804. The predicted molar refractivity (Wildman–Crippen MR) is 34.1 cm³/mol. The van der Waals surface area contributed by atoms with Gasteiger partial charge in [-0.05, 0) is 18.2 Å². The van der Waals surface area contributed by atoms with E-state index >= 15 is 0 Å². The van der Waals surface area contributed by atoms with Crippen molar-refractivity contribution in [2.75, 3.05) is 0 Å². The van der Waals surface area contributed by atoms with E-state index in [9.17, 15) is 4.79 Å². The van der Waals surface area contributed by atoms with Crippen molar-refractivity contribution >= 4 is 22.4 Å². The van der Waals surface area contributed by atoms with Crippen LogP contribution in [0.2, 0.25) is 0 Å². The first-order chi connectivity index (χ1) is 3.84. The molecule has 1 aliphatic rings. The van der Waals surface area contributed by atoms with Crippen molar-refractivity contribution < 1.29 is 4.79 Å². The molecular weight excluding hydrogens is 122 g/mol. The summed E-state index contributed by atoms with van der Waals surface area (Å²) >= 11 is 1.07. The van der Waals surface area contributed by atoms with Crippen molar-refractivity contribution in [1.29, 1.82) is 0 Å². The van der Waals surface area contributed by atoms with Gasteiger partial charge < -0.3 is 0 Å². The van der Waals surface area contributed by atoms with Crippen LogP contribution in [-0.2, 0) is 4.79 Å². The molecule has 0 N–H and O–H groups in total. The number of nitrogens with zero attached hydrogens (tertiary/aromatic N) is 1. The Morgan fingerprint density at radius 3 is 3.00 bits per heavy atom.